The van der Waals surface area contributed by atoms with Gasteiger partial charge in [-0.05, 0) is 73.2 Å². The average molecular weight is 1010 g/mol. The van der Waals surface area contributed by atoms with Gasteiger partial charge in [0.2, 0.25) is 5.91 Å². The van der Waals surface area contributed by atoms with Gasteiger partial charge in [-0.2, -0.15) is 18.3 Å². The summed E-state index contributed by atoms with van der Waals surface area (Å²) in [6.07, 6.45) is -0.366. The number of ketones is 1. The number of benzene rings is 3. The maximum absolute atomic E-state index is 14.5. The number of alkyl halides is 3. The van der Waals surface area contributed by atoms with E-state index in [1.807, 2.05) is 36.4 Å². The van der Waals surface area contributed by atoms with Gasteiger partial charge >= 0.3 is 24.1 Å². The van der Waals surface area contributed by atoms with E-state index in [2.05, 4.69) is 34.5 Å². The first-order valence-electron chi connectivity index (χ1n) is 22.9. The lowest BCUT2D eigenvalue weighted by molar-refractivity contribution is -0.147. The Hall–Kier alpha value is -6.57. The highest BCUT2D eigenvalue weighted by Gasteiger charge is 2.35. The van der Waals surface area contributed by atoms with E-state index in [1.165, 1.54) is 23.4 Å². The van der Waals surface area contributed by atoms with Gasteiger partial charge in [0.05, 0.1) is 53.2 Å². The number of urea groups is 1. The van der Waals surface area contributed by atoms with Crippen LogP contribution in [-0.4, -0.2) is 106 Å². The molecule has 0 saturated heterocycles. The van der Waals surface area contributed by atoms with E-state index in [0.29, 0.717) is 35.6 Å². The SMILES string of the molecule is CCOC(=O)CNC(=O)N1CCc2c(sc(NC(=O)c3cccc(CN(CCN(C)C(=O)CCC(=O)OCc4ccccc4)C(CC)CC)c3)c2C(=O)c2cnn(-c3ccc(Cl)c(C(F)(F)F)c3)c2)C1. The third kappa shape index (κ3) is 13.8. The van der Waals surface area contributed by atoms with Crippen LogP contribution < -0.4 is 10.6 Å². The summed E-state index contributed by atoms with van der Waals surface area (Å²) in [7, 11) is 1.70. The number of carbonyl (C=O) groups is 6. The van der Waals surface area contributed by atoms with Gasteiger partial charge in [0, 0.05) is 62.3 Å². The zero-order valence-electron chi connectivity index (χ0n) is 39.3. The smallest absolute Gasteiger partial charge is 0.417 e. The van der Waals surface area contributed by atoms with Crippen molar-refractivity contribution in [2.45, 2.75) is 84.8 Å². The van der Waals surface area contributed by atoms with Crippen molar-refractivity contribution < 1.29 is 51.4 Å². The lowest BCUT2D eigenvalue weighted by Gasteiger charge is -2.32. The van der Waals surface area contributed by atoms with Crippen molar-refractivity contribution in [2.75, 3.05) is 45.2 Å². The Labute approximate surface area is 412 Å². The van der Waals surface area contributed by atoms with Crippen molar-refractivity contribution in [2.24, 2.45) is 0 Å². The van der Waals surface area contributed by atoms with Crippen molar-refractivity contribution in [1.82, 2.24) is 29.8 Å². The van der Waals surface area contributed by atoms with E-state index in [4.69, 9.17) is 21.1 Å². The molecule has 3 heterocycles. The fourth-order valence-electron chi connectivity index (χ4n) is 8.01. The zero-order chi connectivity index (χ0) is 50.5. The highest BCUT2D eigenvalue weighted by molar-refractivity contribution is 7.17. The monoisotopic (exact) mass is 1010 g/mol. The molecule has 5 aromatic rings. The Balaban J connectivity index is 1.18. The lowest BCUT2D eigenvalue weighted by atomic mass is 9.97. The molecule has 372 valence electrons. The number of fused-ring (bicyclic) bond motifs is 1. The van der Waals surface area contributed by atoms with Crippen LogP contribution in [0.25, 0.3) is 5.69 Å². The van der Waals surface area contributed by atoms with Crippen LogP contribution in [0.3, 0.4) is 0 Å². The number of anilines is 1. The first kappa shape index (κ1) is 52.8. The summed E-state index contributed by atoms with van der Waals surface area (Å²) < 4.78 is 52.5. The Morgan fingerprint density at radius 1 is 0.886 bits per heavy atom. The van der Waals surface area contributed by atoms with Crippen LogP contribution in [0.15, 0.2) is 85.2 Å². The number of nitrogens with one attached hydrogen (secondary N) is 2. The molecular weight excluding hydrogens is 951 g/mol. The van der Waals surface area contributed by atoms with Crippen molar-refractivity contribution in [3.63, 3.8) is 0 Å². The number of halogens is 4. The molecule has 0 aliphatic carbocycles. The first-order valence-corrected chi connectivity index (χ1v) is 24.1. The number of ether oxygens (including phenoxy) is 2. The van der Waals surface area contributed by atoms with Gasteiger partial charge in [-0.15, -0.1) is 11.3 Å². The molecule has 20 heteroatoms. The van der Waals surface area contributed by atoms with E-state index in [9.17, 15) is 41.9 Å². The zero-order valence-corrected chi connectivity index (χ0v) is 40.8. The van der Waals surface area contributed by atoms with Gasteiger partial charge in [-0.1, -0.05) is 67.9 Å². The molecule has 2 N–H and O–H groups in total. The normalized spacial score (nSPS) is 12.4. The predicted octanol–water partition coefficient (Wildman–Crippen LogP) is 8.69. The standard InChI is InChI=1S/C50H55ClF3N7O8S/c1-5-36(6-2)59(23-22-58(4)42(62)18-19-43(63)69-31-32-12-9-8-10-13-32)28-33-14-11-15-34(24-33)47(66)57-48-45(38-20-21-60(30-41(38)70-48)49(67)55-27-44(64)68-7-3)46(65)35-26-56-61(29-35)37-16-17-40(51)39(25-37)50(52,53)54/h8-17,24-26,29,36H,5-7,18-23,27-28,30-31H2,1-4H3,(H,55,67)(H,57,66). The maximum atomic E-state index is 14.5. The lowest BCUT2D eigenvalue weighted by Crippen LogP contribution is -2.44. The molecule has 4 amide bonds. The molecule has 6 rings (SSSR count). The highest BCUT2D eigenvalue weighted by atomic mass is 35.5. The number of nitrogens with zero attached hydrogens (tertiary/aromatic N) is 5. The van der Waals surface area contributed by atoms with Gasteiger partial charge in [0.25, 0.3) is 5.91 Å². The minimum atomic E-state index is -4.74. The highest BCUT2D eigenvalue weighted by Crippen LogP contribution is 2.40. The van der Waals surface area contributed by atoms with E-state index >= 15 is 0 Å². The Morgan fingerprint density at radius 3 is 2.34 bits per heavy atom. The number of esters is 2. The summed E-state index contributed by atoms with van der Waals surface area (Å²) >= 11 is 6.96. The summed E-state index contributed by atoms with van der Waals surface area (Å²) in [5.41, 5.74) is 1.70. The van der Waals surface area contributed by atoms with Gasteiger partial charge in [-0.25, -0.2) is 9.48 Å². The largest absolute Gasteiger partial charge is 0.465 e. The third-order valence-electron chi connectivity index (χ3n) is 11.8. The molecule has 1 aliphatic rings. The Kier molecular flexibility index (Phi) is 18.3. The molecular formula is C50H55ClF3N7O8S. The molecule has 0 atom stereocenters. The van der Waals surface area contributed by atoms with Crippen LogP contribution in [0.4, 0.5) is 23.0 Å². The van der Waals surface area contributed by atoms with Crippen molar-refractivity contribution in [3.8, 4) is 5.69 Å². The van der Waals surface area contributed by atoms with Crippen LogP contribution in [0.2, 0.25) is 5.02 Å². The minimum Gasteiger partial charge on any atom is -0.465 e. The summed E-state index contributed by atoms with van der Waals surface area (Å²) in [5.74, 6) is -2.31. The third-order valence-corrected chi connectivity index (χ3v) is 13.3. The minimum absolute atomic E-state index is 0.0106. The molecule has 0 saturated carbocycles. The van der Waals surface area contributed by atoms with E-state index in [-0.39, 0.29) is 85.9 Å². The number of amides is 4. The first-order chi connectivity index (χ1) is 33.5. The van der Waals surface area contributed by atoms with E-state index < -0.39 is 46.4 Å². The maximum Gasteiger partial charge on any atom is 0.417 e. The summed E-state index contributed by atoms with van der Waals surface area (Å²) in [4.78, 5) is 85.1. The number of hydrogen-bond donors (Lipinski definition) is 2. The topological polar surface area (TPSA) is 172 Å². The van der Waals surface area contributed by atoms with Crippen molar-refractivity contribution >= 4 is 63.5 Å². The van der Waals surface area contributed by atoms with Crippen molar-refractivity contribution in [1.29, 1.82) is 0 Å². The van der Waals surface area contributed by atoms with Gasteiger partial charge < -0.3 is 29.9 Å². The second kappa shape index (κ2) is 24.3. The number of thiophene rings is 1. The van der Waals surface area contributed by atoms with E-state index in [0.717, 1.165) is 52.1 Å². The number of carbonyl (C=O) groups excluding carboxylic acids is 6. The predicted molar refractivity (Wildman–Crippen MR) is 258 cm³/mol. The van der Waals surface area contributed by atoms with Crippen LogP contribution >= 0.6 is 22.9 Å². The van der Waals surface area contributed by atoms with Gasteiger partial charge in [0.1, 0.15) is 18.2 Å². The molecule has 70 heavy (non-hydrogen) atoms. The molecule has 0 fully saturated rings. The molecule has 15 nitrogen and oxygen atoms in total. The summed E-state index contributed by atoms with van der Waals surface area (Å²) in [5, 5.41) is 9.38. The molecule has 0 unspecified atom stereocenters. The number of rotatable bonds is 21. The summed E-state index contributed by atoms with van der Waals surface area (Å²) in [6.45, 7) is 7.35. The van der Waals surface area contributed by atoms with Crippen LogP contribution in [0.5, 0.6) is 0 Å². The molecule has 3 aromatic carbocycles. The second-order valence-electron chi connectivity index (χ2n) is 16.6. The van der Waals surface area contributed by atoms with Gasteiger partial charge in [0.15, 0.2) is 5.78 Å². The Morgan fingerprint density at radius 2 is 1.63 bits per heavy atom. The molecule has 0 bridgehead atoms. The molecule has 1 aliphatic heterocycles. The fourth-order valence-corrected chi connectivity index (χ4v) is 9.49. The van der Waals surface area contributed by atoms with Gasteiger partial charge in [-0.3, -0.25) is 28.9 Å². The van der Waals surface area contributed by atoms with Crippen LogP contribution in [-0.2, 0) is 56.2 Å². The molecule has 0 radical (unpaired) electrons. The molecule has 2 aromatic heterocycles. The number of aromatic nitrogens is 2. The summed E-state index contributed by atoms with van der Waals surface area (Å²) in [6, 6.07) is 19.3. The quantitative estimate of drug-likeness (QED) is 0.0535. The molecule has 0 spiro atoms. The number of hydrogen-bond acceptors (Lipinski definition) is 11. The van der Waals surface area contributed by atoms with Crippen molar-refractivity contribution in [3.05, 3.63) is 134 Å². The van der Waals surface area contributed by atoms with Crippen LogP contribution in [0.1, 0.15) is 99.9 Å². The Bertz CT molecular complexity index is 2670. The number of likely N-dealkylation sites (N-methyl/N-ethyl adjacent to an activating group) is 1. The second-order valence-corrected chi connectivity index (χ2v) is 18.1. The average Bonchev–Trinajstić information content (AvgIpc) is 3.99. The van der Waals surface area contributed by atoms with E-state index in [1.54, 1.807) is 37.1 Å². The fraction of sp³-hybridized carbons (Fsp3) is 0.380. The van der Waals surface area contributed by atoms with Crippen LogP contribution in [0, 0.1) is 0 Å².